The molecule has 1 heterocycles. The first-order chi connectivity index (χ1) is 6.75. The Labute approximate surface area is 88.7 Å². The molecule has 0 aromatic heterocycles. The molecule has 1 aliphatic heterocycles. The summed E-state index contributed by atoms with van der Waals surface area (Å²) in [5.41, 5.74) is 0. The van der Waals surface area contributed by atoms with Crippen molar-refractivity contribution in [2.45, 2.75) is 57.4 Å². The minimum Gasteiger partial charge on any atom is -0.421 e. The number of hydrogen-bond donors (Lipinski definition) is 0. The zero-order valence-corrected chi connectivity index (χ0v) is 10.5. The molecule has 2 rings (SSSR count). The minimum atomic E-state index is -0.774. The third-order valence-electron chi connectivity index (χ3n) is 3.32. The Kier molecular flexibility index (Phi) is 3.63. The average molecular weight is 214 g/mol. The van der Waals surface area contributed by atoms with E-state index in [9.17, 15) is 0 Å². The van der Waals surface area contributed by atoms with Crippen molar-refractivity contribution in [3.8, 4) is 0 Å². The normalized spacial score (nSPS) is 35.8. The molecule has 14 heavy (non-hydrogen) atoms. The molecular formula is C11H22O2Si. The standard InChI is InChI=1S/C11H22O2Si/c1-14(2)12-7-3-4-9-5-6-10-11(8-9)13-10/h9-11,14H,3-8H2,1-2H3. The summed E-state index contributed by atoms with van der Waals surface area (Å²) < 4.78 is 11.2. The van der Waals surface area contributed by atoms with E-state index in [1.165, 1.54) is 32.1 Å². The Morgan fingerprint density at radius 3 is 2.86 bits per heavy atom. The number of fused-ring (bicyclic) bond motifs is 1. The van der Waals surface area contributed by atoms with E-state index >= 15 is 0 Å². The predicted molar refractivity (Wildman–Crippen MR) is 60.1 cm³/mol. The molecule has 1 saturated heterocycles. The monoisotopic (exact) mass is 214 g/mol. The van der Waals surface area contributed by atoms with E-state index in [-0.39, 0.29) is 0 Å². The lowest BCUT2D eigenvalue weighted by Gasteiger charge is -2.18. The van der Waals surface area contributed by atoms with Crippen molar-refractivity contribution in [2.75, 3.05) is 6.61 Å². The molecule has 2 fully saturated rings. The quantitative estimate of drug-likeness (QED) is 0.398. The van der Waals surface area contributed by atoms with Crippen LogP contribution in [-0.2, 0) is 9.16 Å². The predicted octanol–water partition coefficient (Wildman–Crippen LogP) is 2.33. The summed E-state index contributed by atoms with van der Waals surface area (Å²) in [6.45, 7) is 5.47. The van der Waals surface area contributed by atoms with Crippen molar-refractivity contribution < 1.29 is 9.16 Å². The molecule has 1 saturated carbocycles. The van der Waals surface area contributed by atoms with Crippen LogP contribution in [0.1, 0.15) is 32.1 Å². The number of ether oxygens (including phenoxy) is 1. The molecule has 2 nitrogen and oxygen atoms in total. The summed E-state index contributed by atoms with van der Waals surface area (Å²) >= 11 is 0. The lowest BCUT2D eigenvalue weighted by Crippen LogP contribution is -2.15. The lowest BCUT2D eigenvalue weighted by molar-refractivity contribution is 0.279. The largest absolute Gasteiger partial charge is 0.421 e. The van der Waals surface area contributed by atoms with Crippen LogP contribution in [0.25, 0.3) is 0 Å². The van der Waals surface area contributed by atoms with Gasteiger partial charge in [-0.05, 0) is 51.1 Å². The maximum atomic E-state index is 5.68. The van der Waals surface area contributed by atoms with E-state index in [4.69, 9.17) is 9.16 Å². The minimum absolute atomic E-state index is 0.647. The fraction of sp³-hybridized carbons (Fsp3) is 1.00. The fourth-order valence-corrected chi connectivity index (χ4v) is 3.08. The maximum Gasteiger partial charge on any atom is 0.170 e. The van der Waals surface area contributed by atoms with Gasteiger partial charge in [-0.1, -0.05) is 0 Å². The summed E-state index contributed by atoms with van der Waals surface area (Å²) in [5, 5.41) is 0. The third kappa shape index (κ3) is 3.07. The van der Waals surface area contributed by atoms with Crippen molar-refractivity contribution >= 4 is 9.04 Å². The van der Waals surface area contributed by atoms with Gasteiger partial charge in [-0.2, -0.15) is 0 Å². The van der Waals surface area contributed by atoms with Gasteiger partial charge < -0.3 is 9.16 Å². The Hall–Kier alpha value is 0.137. The average Bonchev–Trinajstić information content (AvgIpc) is 2.90. The number of hydrogen-bond acceptors (Lipinski definition) is 2. The summed E-state index contributed by atoms with van der Waals surface area (Å²) in [5.74, 6) is 0.927. The van der Waals surface area contributed by atoms with Crippen LogP contribution in [0.2, 0.25) is 13.1 Å². The molecule has 0 aromatic rings. The molecule has 0 bridgehead atoms. The van der Waals surface area contributed by atoms with Gasteiger partial charge in [0.25, 0.3) is 0 Å². The van der Waals surface area contributed by atoms with E-state index in [0.29, 0.717) is 12.2 Å². The van der Waals surface area contributed by atoms with E-state index < -0.39 is 9.04 Å². The molecule has 82 valence electrons. The summed E-state index contributed by atoms with van der Waals surface area (Å²) in [4.78, 5) is 0. The molecule has 3 unspecified atom stereocenters. The van der Waals surface area contributed by atoms with Gasteiger partial charge in [0.15, 0.2) is 9.04 Å². The molecule has 1 aliphatic carbocycles. The van der Waals surface area contributed by atoms with Gasteiger partial charge in [-0.3, -0.25) is 0 Å². The molecule has 3 heteroatoms. The van der Waals surface area contributed by atoms with Gasteiger partial charge in [0.05, 0.1) is 12.2 Å². The van der Waals surface area contributed by atoms with E-state index in [2.05, 4.69) is 13.1 Å². The van der Waals surface area contributed by atoms with Crippen LogP contribution in [0.15, 0.2) is 0 Å². The first-order valence-electron chi connectivity index (χ1n) is 6.03. The zero-order chi connectivity index (χ0) is 9.97. The molecule has 0 spiro atoms. The van der Waals surface area contributed by atoms with Crippen molar-refractivity contribution in [1.29, 1.82) is 0 Å². The molecular weight excluding hydrogens is 192 g/mol. The molecule has 0 amide bonds. The second-order valence-corrected chi connectivity index (χ2v) is 7.38. The lowest BCUT2D eigenvalue weighted by atomic mass is 9.86. The smallest absolute Gasteiger partial charge is 0.170 e. The second-order valence-electron chi connectivity index (χ2n) is 4.95. The summed E-state index contributed by atoms with van der Waals surface area (Å²) in [6.07, 6.45) is 7.94. The first kappa shape index (κ1) is 10.6. The highest BCUT2D eigenvalue weighted by Gasteiger charge is 2.43. The Bertz CT molecular complexity index is 184. The Morgan fingerprint density at radius 2 is 2.14 bits per heavy atom. The van der Waals surface area contributed by atoms with Crippen LogP contribution >= 0.6 is 0 Å². The summed E-state index contributed by atoms with van der Waals surface area (Å²) in [7, 11) is -0.774. The van der Waals surface area contributed by atoms with Gasteiger partial charge in [-0.15, -0.1) is 0 Å². The second kappa shape index (κ2) is 4.77. The highest BCUT2D eigenvalue weighted by Crippen LogP contribution is 2.40. The number of epoxide rings is 1. The first-order valence-corrected chi connectivity index (χ1v) is 8.81. The summed E-state index contributed by atoms with van der Waals surface area (Å²) in [6, 6.07) is 0. The van der Waals surface area contributed by atoms with Crippen molar-refractivity contribution in [3.05, 3.63) is 0 Å². The van der Waals surface area contributed by atoms with E-state index in [1.54, 1.807) is 0 Å². The van der Waals surface area contributed by atoms with Crippen LogP contribution in [0, 0.1) is 5.92 Å². The van der Waals surface area contributed by atoms with E-state index in [1.807, 2.05) is 0 Å². The molecule has 0 aromatic carbocycles. The van der Waals surface area contributed by atoms with Crippen LogP contribution in [0.3, 0.4) is 0 Å². The zero-order valence-electron chi connectivity index (χ0n) is 9.37. The molecule has 0 N–H and O–H groups in total. The van der Waals surface area contributed by atoms with E-state index in [0.717, 1.165) is 12.5 Å². The highest BCUT2D eigenvalue weighted by molar-refractivity contribution is 6.48. The fourth-order valence-electron chi connectivity index (χ4n) is 2.44. The number of rotatable bonds is 5. The van der Waals surface area contributed by atoms with Gasteiger partial charge >= 0.3 is 0 Å². The van der Waals surface area contributed by atoms with Crippen LogP contribution in [0.5, 0.6) is 0 Å². The van der Waals surface area contributed by atoms with Crippen LogP contribution < -0.4 is 0 Å². The van der Waals surface area contributed by atoms with Crippen molar-refractivity contribution in [3.63, 3.8) is 0 Å². The van der Waals surface area contributed by atoms with Gasteiger partial charge in [0, 0.05) is 6.61 Å². The van der Waals surface area contributed by atoms with Crippen LogP contribution in [-0.4, -0.2) is 27.9 Å². The third-order valence-corrected chi connectivity index (χ3v) is 4.22. The molecule has 2 aliphatic rings. The SMILES string of the molecule is C[SiH](C)OCCCC1CCC2OC2C1. The van der Waals surface area contributed by atoms with Crippen molar-refractivity contribution in [2.24, 2.45) is 5.92 Å². The topological polar surface area (TPSA) is 21.8 Å². The highest BCUT2D eigenvalue weighted by atomic mass is 28.3. The maximum absolute atomic E-state index is 5.68. The van der Waals surface area contributed by atoms with Gasteiger partial charge in [0.1, 0.15) is 0 Å². The molecule has 0 radical (unpaired) electrons. The Morgan fingerprint density at radius 1 is 1.29 bits per heavy atom. The molecule has 3 atom stereocenters. The van der Waals surface area contributed by atoms with Gasteiger partial charge in [0.2, 0.25) is 0 Å². The van der Waals surface area contributed by atoms with Crippen molar-refractivity contribution in [1.82, 2.24) is 0 Å². The van der Waals surface area contributed by atoms with Gasteiger partial charge in [-0.25, -0.2) is 0 Å². The Balaban J connectivity index is 1.52. The van der Waals surface area contributed by atoms with Crippen LogP contribution in [0.4, 0.5) is 0 Å².